The molecule has 0 saturated heterocycles. The summed E-state index contributed by atoms with van der Waals surface area (Å²) in [6.07, 6.45) is 1.69. The van der Waals surface area contributed by atoms with Crippen molar-refractivity contribution in [1.29, 1.82) is 0 Å². The fourth-order valence-electron chi connectivity index (χ4n) is 3.49. The first kappa shape index (κ1) is 18.3. The molecule has 0 amide bonds. The van der Waals surface area contributed by atoms with Crippen LogP contribution in [-0.4, -0.2) is 32.1 Å². The first-order chi connectivity index (χ1) is 14.1. The maximum Gasteiger partial charge on any atom is 0.292 e. The molecule has 0 fully saturated rings. The first-order valence-corrected chi connectivity index (χ1v) is 10.4. The summed E-state index contributed by atoms with van der Waals surface area (Å²) in [4.78, 5) is 23.2. The second-order valence-corrected chi connectivity index (χ2v) is 8.54. The zero-order chi connectivity index (χ0) is 20.1. The van der Waals surface area contributed by atoms with Gasteiger partial charge >= 0.3 is 0 Å². The predicted octanol–water partition coefficient (Wildman–Crippen LogP) is 4.16. The summed E-state index contributed by atoms with van der Waals surface area (Å²) in [5, 5.41) is 10.4. The number of methoxy groups -OCH3 is 1. The van der Waals surface area contributed by atoms with Crippen molar-refractivity contribution in [2.24, 2.45) is 0 Å². The fourth-order valence-corrected chi connectivity index (χ4v) is 5.08. The molecule has 29 heavy (non-hydrogen) atoms. The Labute approximate surface area is 177 Å². The molecule has 0 radical (unpaired) electrons. The van der Waals surface area contributed by atoms with E-state index in [2.05, 4.69) is 36.2 Å². The van der Waals surface area contributed by atoms with E-state index in [9.17, 15) is 4.79 Å². The van der Waals surface area contributed by atoms with Crippen LogP contribution in [-0.2, 0) is 11.3 Å². The molecule has 7 nitrogen and oxygen atoms in total. The largest absolute Gasteiger partial charge is 0.380 e. The smallest absolute Gasteiger partial charge is 0.292 e. The summed E-state index contributed by atoms with van der Waals surface area (Å²) in [5.74, 6) is 0. The van der Waals surface area contributed by atoms with Crippen LogP contribution in [0.25, 0.3) is 37.0 Å². The van der Waals surface area contributed by atoms with Crippen LogP contribution in [0.5, 0.6) is 0 Å². The lowest BCUT2D eigenvalue weighted by Gasteiger charge is -2.08. The number of fused-ring (bicyclic) bond motifs is 4. The third kappa shape index (κ3) is 2.93. The summed E-state index contributed by atoms with van der Waals surface area (Å²) in [6.45, 7) is 2.34. The zero-order valence-electron chi connectivity index (χ0n) is 15.5. The van der Waals surface area contributed by atoms with E-state index in [1.165, 1.54) is 16.0 Å². The average Bonchev–Trinajstić information content (AvgIpc) is 3.07. The molecule has 5 aromatic rings. The molecule has 0 bridgehead atoms. The quantitative estimate of drug-likeness (QED) is 0.396. The Kier molecular flexibility index (Phi) is 4.38. The summed E-state index contributed by atoms with van der Waals surface area (Å²) >= 11 is 4.83. The SMILES string of the molecule is COCc1cc(C)nc2sc3c(=O)n(-c4cc(Br)cc5cccnc45)nnc3c12. The number of halogens is 1. The number of hydrogen-bond acceptors (Lipinski definition) is 7. The topological polar surface area (TPSA) is 82.8 Å². The van der Waals surface area contributed by atoms with E-state index < -0.39 is 0 Å². The highest BCUT2D eigenvalue weighted by Gasteiger charge is 2.19. The summed E-state index contributed by atoms with van der Waals surface area (Å²) < 4.78 is 7.97. The normalized spacial score (nSPS) is 11.7. The lowest BCUT2D eigenvalue weighted by atomic mass is 10.1. The molecule has 0 aliphatic heterocycles. The van der Waals surface area contributed by atoms with Crippen molar-refractivity contribution < 1.29 is 4.74 Å². The molecule has 1 aromatic carbocycles. The minimum atomic E-state index is -0.246. The standard InChI is InChI=1S/C20H14BrN5O2S/c1-10-6-12(9-28-2)15-17-18(29-19(15)23-10)20(27)26(25-24-17)14-8-13(21)7-11-4-3-5-22-16(11)14/h3-8H,9H2,1-2H3. The van der Waals surface area contributed by atoms with Gasteiger partial charge in [0.05, 0.1) is 17.8 Å². The summed E-state index contributed by atoms with van der Waals surface area (Å²) in [5.41, 5.74) is 3.38. The molecule has 0 spiro atoms. The number of benzene rings is 1. The van der Waals surface area contributed by atoms with E-state index in [4.69, 9.17) is 4.74 Å². The van der Waals surface area contributed by atoms with Crippen molar-refractivity contribution >= 4 is 58.6 Å². The van der Waals surface area contributed by atoms with Crippen LogP contribution >= 0.6 is 27.3 Å². The van der Waals surface area contributed by atoms with Gasteiger partial charge in [-0.25, -0.2) is 4.98 Å². The summed E-state index contributed by atoms with van der Waals surface area (Å²) in [6, 6.07) is 9.52. The monoisotopic (exact) mass is 467 g/mol. The van der Waals surface area contributed by atoms with Crippen LogP contribution < -0.4 is 5.56 Å². The Bertz CT molecular complexity index is 1480. The Hall–Kier alpha value is -2.75. The minimum Gasteiger partial charge on any atom is -0.380 e. The molecule has 144 valence electrons. The number of hydrogen-bond donors (Lipinski definition) is 0. The second kappa shape index (κ2) is 6.94. The van der Waals surface area contributed by atoms with Crippen molar-refractivity contribution in [3.05, 3.63) is 62.6 Å². The van der Waals surface area contributed by atoms with E-state index in [0.29, 0.717) is 28.0 Å². The van der Waals surface area contributed by atoms with Gasteiger partial charge in [0.15, 0.2) is 0 Å². The molecule has 4 heterocycles. The predicted molar refractivity (Wildman–Crippen MR) is 117 cm³/mol. The van der Waals surface area contributed by atoms with Crippen molar-refractivity contribution in [1.82, 2.24) is 25.0 Å². The van der Waals surface area contributed by atoms with Crippen LogP contribution in [0.4, 0.5) is 0 Å². The molecule has 0 N–H and O–H groups in total. The molecule has 0 aliphatic rings. The highest BCUT2D eigenvalue weighted by Crippen LogP contribution is 2.33. The molecule has 9 heteroatoms. The van der Waals surface area contributed by atoms with Crippen molar-refractivity contribution in [2.75, 3.05) is 7.11 Å². The Balaban J connectivity index is 1.85. The van der Waals surface area contributed by atoms with Gasteiger partial charge in [-0.2, -0.15) is 4.68 Å². The van der Waals surface area contributed by atoms with E-state index in [1.54, 1.807) is 13.3 Å². The molecular weight excluding hydrogens is 454 g/mol. The molecular formula is C20H14BrN5O2S. The van der Waals surface area contributed by atoms with Gasteiger partial charge in [-0.15, -0.1) is 16.4 Å². The van der Waals surface area contributed by atoms with Crippen molar-refractivity contribution in [3.63, 3.8) is 0 Å². The van der Waals surface area contributed by atoms with Gasteiger partial charge in [0, 0.05) is 34.2 Å². The second-order valence-electron chi connectivity index (χ2n) is 6.62. The lowest BCUT2D eigenvalue weighted by molar-refractivity contribution is 0.186. The van der Waals surface area contributed by atoms with Gasteiger partial charge in [-0.05, 0) is 36.8 Å². The lowest BCUT2D eigenvalue weighted by Crippen LogP contribution is -2.22. The third-order valence-corrected chi connectivity index (χ3v) is 6.16. The van der Waals surface area contributed by atoms with E-state index in [-0.39, 0.29) is 5.56 Å². The highest BCUT2D eigenvalue weighted by atomic mass is 79.9. The maximum atomic E-state index is 13.4. The van der Waals surface area contributed by atoms with Gasteiger partial charge in [-0.3, -0.25) is 9.78 Å². The van der Waals surface area contributed by atoms with Crippen molar-refractivity contribution in [3.8, 4) is 5.69 Å². The molecule has 0 atom stereocenters. The summed E-state index contributed by atoms with van der Waals surface area (Å²) in [7, 11) is 1.64. The molecule has 0 saturated carbocycles. The van der Waals surface area contributed by atoms with Crippen LogP contribution in [0.15, 0.2) is 45.8 Å². The minimum absolute atomic E-state index is 0.246. The van der Waals surface area contributed by atoms with E-state index in [0.717, 1.165) is 31.3 Å². The van der Waals surface area contributed by atoms with E-state index in [1.807, 2.05) is 37.3 Å². The molecule has 5 rings (SSSR count). The Morgan fingerprint density at radius 1 is 1.24 bits per heavy atom. The van der Waals surface area contributed by atoms with Gasteiger partial charge in [0.2, 0.25) is 0 Å². The van der Waals surface area contributed by atoms with Crippen LogP contribution in [0, 0.1) is 6.92 Å². The number of rotatable bonds is 3. The number of aromatic nitrogens is 5. The number of pyridine rings is 2. The van der Waals surface area contributed by atoms with Crippen LogP contribution in [0.3, 0.4) is 0 Å². The zero-order valence-corrected chi connectivity index (χ0v) is 17.9. The molecule has 0 aliphatic carbocycles. The molecule has 0 unspecified atom stereocenters. The first-order valence-electron chi connectivity index (χ1n) is 8.79. The maximum absolute atomic E-state index is 13.4. The number of nitrogens with zero attached hydrogens (tertiary/aromatic N) is 5. The van der Waals surface area contributed by atoms with Crippen LogP contribution in [0.2, 0.25) is 0 Å². The van der Waals surface area contributed by atoms with Gasteiger partial charge in [-0.1, -0.05) is 27.2 Å². The Morgan fingerprint density at radius 3 is 2.93 bits per heavy atom. The fraction of sp³-hybridized carbons (Fsp3) is 0.150. The molecule has 4 aromatic heterocycles. The average molecular weight is 468 g/mol. The van der Waals surface area contributed by atoms with E-state index >= 15 is 0 Å². The van der Waals surface area contributed by atoms with Gasteiger partial charge in [0.25, 0.3) is 5.56 Å². The van der Waals surface area contributed by atoms with Crippen molar-refractivity contribution in [2.45, 2.75) is 13.5 Å². The highest BCUT2D eigenvalue weighted by molar-refractivity contribution is 9.10. The van der Waals surface area contributed by atoms with Crippen LogP contribution in [0.1, 0.15) is 11.3 Å². The Morgan fingerprint density at radius 2 is 2.10 bits per heavy atom. The number of aryl methyl sites for hydroxylation is 1. The van der Waals surface area contributed by atoms with Gasteiger partial charge in [0.1, 0.15) is 15.0 Å². The van der Waals surface area contributed by atoms with Gasteiger partial charge < -0.3 is 4.74 Å². The third-order valence-electron chi connectivity index (χ3n) is 4.64. The number of thiophene rings is 1. The number of ether oxygens (including phenoxy) is 1.